The molecular formula is C23H31N5O2S. The lowest BCUT2D eigenvalue weighted by atomic mass is 9.92. The molecule has 8 heteroatoms. The number of ether oxygens (including phenoxy) is 1. The van der Waals surface area contributed by atoms with Crippen LogP contribution in [0.2, 0.25) is 0 Å². The third kappa shape index (κ3) is 4.45. The first-order valence-corrected chi connectivity index (χ1v) is 11.8. The van der Waals surface area contributed by atoms with E-state index in [0.29, 0.717) is 18.6 Å². The van der Waals surface area contributed by atoms with Crippen molar-refractivity contribution in [2.24, 2.45) is 0 Å². The Morgan fingerprint density at radius 3 is 2.77 bits per heavy atom. The minimum atomic E-state index is 0.148. The van der Waals surface area contributed by atoms with E-state index in [4.69, 9.17) is 9.72 Å². The highest BCUT2D eigenvalue weighted by Crippen LogP contribution is 2.33. The zero-order valence-corrected chi connectivity index (χ0v) is 19.6. The van der Waals surface area contributed by atoms with Gasteiger partial charge in [-0.2, -0.15) is 0 Å². The van der Waals surface area contributed by atoms with Crippen molar-refractivity contribution in [2.75, 3.05) is 45.3 Å². The molecule has 0 radical (unpaired) electrons. The van der Waals surface area contributed by atoms with E-state index < -0.39 is 0 Å². The van der Waals surface area contributed by atoms with Crippen LogP contribution in [-0.2, 0) is 4.74 Å². The second-order valence-corrected chi connectivity index (χ2v) is 9.39. The fourth-order valence-corrected chi connectivity index (χ4v) is 4.88. The summed E-state index contributed by atoms with van der Waals surface area (Å²) in [4.78, 5) is 27.4. The van der Waals surface area contributed by atoms with Gasteiger partial charge in [-0.3, -0.25) is 4.79 Å². The molecular weight excluding hydrogens is 410 g/mol. The number of anilines is 1. The Hall–Kier alpha value is -2.45. The first kappa shape index (κ1) is 21.8. The molecule has 7 nitrogen and oxygen atoms in total. The fraction of sp³-hybridized carbons (Fsp3) is 0.522. The molecule has 166 valence electrons. The number of pyridine rings is 1. The van der Waals surface area contributed by atoms with Gasteiger partial charge in [0.05, 0.1) is 23.3 Å². The number of carbonyl (C=O) groups excluding carboxylic acids is 1. The van der Waals surface area contributed by atoms with Crippen molar-refractivity contribution < 1.29 is 9.53 Å². The molecule has 1 aliphatic heterocycles. The normalized spacial score (nSPS) is 15.2. The molecule has 1 amide bonds. The van der Waals surface area contributed by atoms with Crippen molar-refractivity contribution in [3.05, 3.63) is 40.5 Å². The van der Waals surface area contributed by atoms with Crippen LogP contribution in [-0.4, -0.2) is 65.7 Å². The molecule has 4 heterocycles. The third-order valence-electron chi connectivity index (χ3n) is 6.04. The topological polar surface area (TPSA) is 63.5 Å². The second kappa shape index (κ2) is 9.36. The van der Waals surface area contributed by atoms with Gasteiger partial charge in [0.2, 0.25) is 0 Å². The summed E-state index contributed by atoms with van der Waals surface area (Å²) in [5.41, 5.74) is 3.15. The van der Waals surface area contributed by atoms with Gasteiger partial charge >= 0.3 is 0 Å². The molecule has 3 aromatic rings. The van der Waals surface area contributed by atoms with E-state index in [1.165, 1.54) is 11.3 Å². The van der Waals surface area contributed by atoms with Crippen molar-refractivity contribution in [3.8, 4) is 0 Å². The summed E-state index contributed by atoms with van der Waals surface area (Å²) in [6.45, 7) is 7.26. The predicted octanol–water partition coefficient (Wildman–Crippen LogP) is 4.18. The molecule has 1 aliphatic rings. The molecule has 3 aromatic heterocycles. The van der Waals surface area contributed by atoms with Gasteiger partial charge in [0.1, 0.15) is 5.52 Å². The molecule has 31 heavy (non-hydrogen) atoms. The maximum Gasteiger partial charge on any atom is 0.263 e. The number of carbonyl (C=O) groups is 1. The Morgan fingerprint density at radius 2 is 2.13 bits per heavy atom. The summed E-state index contributed by atoms with van der Waals surface area (Å²) in [5, 5.41) is 1.96. The molecule has 0 N–H and O–H groups in total. The number of methoxy groups -OCH3 is 1. The Labute approximate surface area is 187 Å². The van der Waals surface area contributed by atoms with E-state index in [1.807, 2.05) is 35.8 Å². The van der Waals surface area contributed by atoms with Crippen molar-refractivity contribution in [3.63, 3.8) is 0 Å². The molecule has 0 atom stereocenters. The zero-order valence-electron chi connectivity index (χ0n) is 18.7. The number of likely N-dealkylation sites (tertiary alicyclic amines) is 1. The highest BCUT2D eigenvalue weighted by molar-refractivity contribution is 7.12. The van der Waals surface area contributed by atoms with Gasteiger partial charge in [-0.05, 0) is 44.2 Å². The maximum atomic E-state index is 12.7. The average molecular weight is 442 g/mol. The minimum absolute atomic E-state index is 0.148. The van der Waals surface area contributed by atoms with E-state index in [-0.39, 0.29) is 5.91 Å². The smallest absolute Gasteiger partial charge is 0.263 e. The van der Waals surface area contributed by atoms with E-state index in [9.17, 15) is 4.79 Å². The molecule has 0 aromatic carbocycles. The second-order valence-electron chi connectivity index (χ2n) is 8.44. The van der Waals surface area contributed by atoms with Crippen LogP contribution in [0.25, 0.3) is 11.0 Å². The van der Waals surface area contributed by atoms with Gasteiger partial charge in [0, 0.05) is 51.4 Å². The maximum absolute atomic E-state index is 12.7. The summed E-state index contributed by atoms with van der Waals surface area (Å²) in [6, 6.07) is 6.37. The van der Waals surface area contributed by atoms with Crippen LogP contribution in [0, 0.1) is 0 Å². The summed E-state index contributed by atoms with van der Waals surface area (Å²) in [5.74, 6) is 1.39. The van der Waals surface area contributed by atoms with Crippen LogP contribution in [0.1, 0.15) is 54.0 Å². The number of imidazole rings is 1. The van der Waals surface area contributed by atoms with Crippen molar-refractivity contribution in [2.45, 2.75) is 38.6 Å². The Kier molecular flexibility index (Phi) is 6.57. The first-order valence-electron chi connectivity index (χ1n) is 10.9. The zero-order chi connectivity index (χ0) is 22.0. The Balaban J connectivity index is 1.60. The average Bonchev–Trinajstić information content (AvgIpc) is 3.46. The highest BCUT2D eigenvalue weighted by Gasteiger charge is 2.27. The summed E-state index contributed by atoms with van der Waals surface area (Å²) >= 11 is 1.51. The summed E-state index contributed by atoms with van der Waals surface area (Å²) in [7, 11) is 3.76. The van der Waals surface area contributed by atoms with E-state index in [2.05, 4.69) is 34.4 Å². The van der Waals surface area contributed by atoms with E-state index >= 15 is 0 Å². The number of piperidine rings is 1. The van der Waals surface area contributed by atoms with Crippen molar-refractivity contribution in [1.29, 1.82) is 0 Å². The molecule has 0 saturated carbocycles. The van der Waals surface area contributed by atoms with Gasteiger partial charge in [-0.1, -0.05) is 6.07 Å². The molecule has 1 saturated heterocycles. The van der Waals surface area contributed by atoms with E-state index in [0.717, 1.165) is 59.9 Å². The molecule has 0 spiro atoms. The van der Waals surface area contributed by atoms with Gasteiger partial charge in [0.25, 0.3) is 5.91 Å². The molecule has 0 unspecified atom stereocenters. The molecule has 4 rings (SSSR count). The number of hydrogen-bond acceptors (Lipinski definition) is 6. The number of rotatable bonds is 7. The van der Waals surface area contributed by atoms with Crippen molar-refractivity contribution >= 4 is 34.1 Å². The van der Waals surface area contributed by atoms with E-state index in [1.54, 1.807) is 7.11 Å². The Morgan fingerprint density at radius 1 is 1.35 bits per heavy atom. The number of thiophene rings is 1. The standard InChI is InChI=1S/C23H31N5O2S/c1-16(2)28-15-24-21-19(28)14-18(25-22(21)26(3)11-12-30-4)17-7-9-27(10-8-17)23(29)20-6-5-13-31-20/h5-6,13-17H,7-12H2,1-4H3. The largest absolute Gasteiger partial charge is 0.383 e. The quantitative estimate of drug-likeness (QED) is 0.550. The monoisotopic (exact) mass is 441 g/mol. The van der Waals surface area contributed by atoms with Crippen LogP contribution < -0.4 is 4.90 Å². The molecule has 0 aliphatic carbocycles. The number of fused-ring (bicyclic) bond motifs is 1. The van der Waals surface area contributed by atoms with Crippen LogP contribution in [0.3, 0.4) is 0 Å². The van der Waals surface area contributed by atoms with Crippen LogP contribution in [0.15, 0.2) is 29.9 Å². The van der Waals surface area contributed by atoms with Crippen LogP contribution in [0.4, 0.5) is 5.82 Å². The molecule has 0 bridgehead atoms. The van der Waals surface area contributed by atoms with Gasteiger partial charge in [-0.25, -0.2) is 9.97 Å². The summed E-state index contributed by atoms with van der Waals surface area (Å²) < 4.78 is 7.48. The third-order valence-corrected chi connectivity index (χ3v) is 6.90. The van der Waals surface area contributed by atoms with Gasteiger partial charge in [-0.15, -0.1) is 11.3 Å². The van der Waals surface area contributed by atoms with Gasteiger partial charge < -0.3 is 19.1 Å². The Bertz CT molecular complexity index is 1020. The van der Waals surface area contributed by atoms with Gasteiger partial charge in [0.15, 0.2) is 5.82 Å². The number of hydrogen-bond donors (Lipinski definition) is 0. The van der Waals surface area contributed by atoms with Crippen LogP contribution >= 0.6 is 11.3 Å². The number of aromatic nitrogens is 3. The number of nitrogens with zero attached hydrogens (tertiary/aromatic N) is 5. The lowest BCUT2D eigenvalue weighted by Crippen LogP contribution is -2.37. The lowest BCUT2D eigenvalue weighted by Gasteiger charge is -2.32. The lowest BCUT2D eigenvalue weighted by molar-refractivity contribution is 0.0717. The predicted molar refractivity (Wildman–Crippen MR) is 125 cm³/mol. The van der Waals surface area contributed by atoms with Crippen molar-refractivity contribution in [1.82, 2.24) is 19.4 Å². The SMILES string of the molecule is COCCN(C)c1nc(C2CCN(C(=O)c3cccs3)CC2)cc2c1ncn2C(C)C. The number of likely N-dealkylation sites (N-methyl/N-ethyl adjacent to an activating group) is 1. The number of amides is 1. The first-order chi connectivity index (χ1) is 15.0. The highest BCUT2D eigenvalue weighted by atomic mass is 32.1. The van der Waals surface area contributed by atoms with Crippen LogP contribution in [0.5, 0.6) is 0 Å². The molecule has 1 fully saturated rings. The summed E-state index contributed by atoms with van der Waals surface area (Å²) in [6.07, 6.45) is 3.76. The fourth-order valence-electron chi connectivity index (χ4n) is 4.19. The minimum Gasteiger partial charge on any atom is -0.383 e.